The third-order valence-corrected chi connectivity index (χ3v) is 5.50. The first kappa shape index (κ1) is 26.5. The number of nitrogens with one attached hydrogen (secondary N) is 1. The highest BCUT2D eigenvalue weighted by Gasteiger charge is 2.18. The lowest BCUT2D eigenvalue weighted by atomic mass is 9.94. The van der Waals surface area contributed by atoms with E-state index in [2.05, 4.69) is 5.32 Å². The molecule has 0 spiro atoms. The number of nitrogens with zero attached hydrogens (tertiary/aromatic N) is 1. The van der Waals surface area contributed by atoms with Gasteiger partial charge < -0.3 is 14.8 Å². The molecule has 2 amide bonds. The first-order valence-corrected chi connectivity index (χ1v) is 12.1. The van der Waals surface area contributed by atoms with Gasteiger partial charge in [0.05, 0.1) is 6.61 Å². The van der Waals surface area contributed by atoms with Crippen molar-refractivity contribution in [3.63, 3.8) is 0 Å². The Hall–Kier alpha value is -4.13. The highest BCUT2D eigenvalue weighted by atomic mass is 16.5. The Morgan fingerprint density at radius 2 is 1.67 bits per heavy atom. The van der Waals surface area contributed by atoms with Crippen LogP contribution in [0.15, 0.2) is 96.6 Å². The maximum Gasteiger partial charge on any atom is 0.407 e. The number of para-hydroxylation sites is 2. The number of allylic oxidation sites excluding steroid dienone is 2. The van der Waals surface area contributed by atoms with E-state index < -0.39 is 18.2 Å². The summed E-state index contributed by atoms with van der Waals surface area (Å²) in [6.45, 7) is 3.78. The molecule has 2 aromatic rings. The van der Waals surface area contributed by atoms with Crippen molar-refractivity contribution in [2.45, 2.75) is 45.3 Å². The van der Waals surface area contributed by atoms with Crippen LogP contribution in [-0.2, 0) is 19.1 Å². The van der Waals surface area contributed by atoms with Crippen molar-refractivity contribution in [3.05, 3.63) is 96.6 Å². The van der Waals surface area contributed by atoms with E-state index in [1.165, 1.54) is 12.2 Å². The molecule has 0 radical (unpaired) electrons. The lowest BCUT2D eigenvalue weighted by Crippen LogP contribution is -2.36. The molecule has 0 aromatic heterocycles. The quantitative estimate of drug-likeness (QED) is 0.366. The summed E-state index contributed by atoms with van der Waals surface area (Å²) in [4.78, 5) is 38.6. The molecule has 0 aliphatic heterocycles. The van der Waals surface area contributed by atoms with E-state index in [4.69, 9.17) is 9.47 Å². The molecule has 36 heavy (non-hydrogen) atoms. The molecule has 0 saturated heterocycles. The Balaban J connectivity index is 1.55. The van der Waals surface area contributed by atoms with Crippen LogP contribution in [0.5, 0.6) is 0 Å². The van der Waals surface area contributed by atoms with Gasteiger partial charge in [0.2, 0.25) is 0 Å². The van der Waals surface area contributed by atoms with Gasteiger partial charge in [0.1, 0.15) is 6.10 Å². The molecule has 1 aliphatic rings. The summed E-state index contributed by atoms with van der Waals surface area (Å²) in [7, 11) is 0. The number of esters is 1. The summed E-state index contributed by atoms with van der Waals surface area (Å²) in [5.74, 6) is -0.762. The minimum Gasteiger partial charge on any atom is -0.455 e. The van der Waals surface area contributed by atoms with Gasteiger partial charge in [-0.1, -0.05) is 48.6 Å². The second kappa shape index (κ2) is 13.7. The topological polar surface area (TPSA) is 84.9 Å². The lowest BCUT2D eigenvalue weighted by molar-refractivity contribution is -0.140. The zero-order valence-corrected chi connectivity index (χ0v) is 20.6. The molecule has 1 N–H and O–H groups in total. The normalized spacial score (nSPS) is 16.3. The summed E-state index contributed by atoms with van der Waals surface area (Å²) in [6, 6.07) is 18.7. The second-order valence-corrected chi connectivity index (χ2v) is 8.30. The van der Waals surface area contributed by atoms with Gasteiger partial charge in [0.15, 0.2) is 0 Å². The van der Waals surface area contributed by atoms with Crippen LogP contribution in [0.4, 0.5) is 16.2 Å². The van der Waals surface area contributed by atoms with Crippen molar-refractivity contribution in [2.75, 3.05) is 11.5 Å². The molecule has 2 atom stereocenters. The summed E-state index contributed by atoms with van der Waals surface area (Å²) < 4.78 is 10.3. The maximum absolute atomic E-state index is 13.1. The van der Waals surface area contributed by atoms with Crippen molar-refractivity contribution in [2.24, 2.45) is 0 Å². The molecule has 0 fully saturated rings. The number of hydrogen-bond donors (Lipinski definition) is 1. The number of anilines is 2. The number of rotatable bonds is 9. The molecule has 1 aliphatic carbocycles. The van der Waals surface area contributed by atoms with E-state index in [0.29, 0.717) is 13.0 Å². The van der Waals surface area contributed by atoms with Crippen molar-refractivity contribution in [1.82, 2.24) is 5.32 Å². The molecule has 0 saturated carbocycles. The number of benzene rings is 2. The van der Waals surface area contributed by atoms with Crippen LogP contribution in [0.1, 0.15) is 33.1 Å². The van der Waals surface area contributed by atoms with E-state index in [9.17, 15) is 14.4 Å². The number of amides is 2. The van der Waals surface area contributed by atoms with Crippen LogP contribution in [0.3, 0.4) is 0 Å². The highest BCUT2D eigenvalue weighted by molar-refractivity contribution is 6.07. The average molecular weight is 489 g/mol. The second-order valence-electron chi connectivity index (χ2n) is 8.30. The number of ether oxygens (including phenoxy) is 2. The molecular weight excluding hydrogens is 456 g/mol. The fourth-order valence-corrected chi connectivity index (χ4v) is 3.83. The van der Waals surface area contributed by atoms with Crippen molar-refractivity contribution < 1.29 is 23.9 Å². The van der Waals surface area contributed by atoms with Crippen LogP contribution in [0.25, 0.3) is 0 Å². The van der Waals surface area contributed by atoms with Gasteiger partial charge in [-0.2, -0.15) is 0 Å². The monoisotopic (exact) mass is 488 g/mol. The molecule has 188 valence electrons. The Bertz CT molecular complexity index is 1070. The van der Waals surface area contributed by atoms with Crippen molar-refractivity contribution >= 4 is 29.3 Å². The van der Waals surface area contributed by atoms with E-state index in [-0.39, 0.29) is 11.9 Å². The summed E-state index contributed by atoms with van der Waals surface area (Å²) in [5.41, 5.74) is 2.42. The van der Waals surface area contributed by atoms with Gasteiger partial charge in [-0.15, -0.1) is 0 Å². The minimum atomic E-state index is -0.599. The molecular formula is C29H32N2O5. The largest absolute Gasteiger partial charge is 0.455 e. The maximum atomic E-state index is 13.1. The van der Waals surface area contributed by atoms with Crippen LogP contribution in [-0.4, -0.2) is 36.7 Å². The average Bonchev–Trinajstić information content (AvgIpc) is 2.88. The Morgan fingerprint density at radius 3 is 2.28 bits per heavy atom. The Kier molecular flexibility index (Phi) is 10.1. The fourth-order valence-electron chi connectivity index (χ4n) is 3.83. The third-order valence-electron chi connectivity index (χ3n) is 5.50. The van der Waals surface area contributed by atoms with E-state index in [0.717, 1.165) is 29.8 Å². The van der Waals surface area contributed by atoms with Crippen LogP contribution >= 0.6 is 0 Å². The zero-order valence-electron chi connectivity index (χ0n) is 20.6. The van der Waals surface area contributed by atoms with Crippen molar-refractivity contribution in [3.8, 4) is 0 Å². The summed E-state index contributed by atoms with van der Waals surface area (Å²) >= 11 is 0. The fraction of sp³-hybridized carbons (Fsp3) is 0.276. The smallest absolute Gasteiger partial charge is 0.407 e. The van der Waals surface area contributed by atoms with Crippen LogP contribution in [0.2, 0.25) is 0 Å². The van der Waals surface area contributed by atoms with E-state index >= 15 is 0 Å². The van der Waals surface area contributed by atoms with Crippen LogP contribution < -0.4 is 10.2 Å². The number of alkyl carbamates (subject to hydrolysis) is 1. The SMILES string of the molecule is CCOC(=O)N[C@@H]1CCC=C(/C=C/C(=O)OC(C)/C=C\C(=O)N(c2ccccc2)c2ccccc2)C1. The standard InChI is InChI=1S/C29H32N2O5/c1-3-35-29(34)30-24-12-10-11-23(21-24)18-20-28(33)36-22(2)17-19-27(32)31(25-13-6-4-7-14-25)26-15-8-5-9-16-26/h4-9,11,13-20,22,24H,3,10,12,21H2,1-2H3,(H,30,34)/b19-17-,20-18+/t22?,24-/m1/s1. The van der Waals surface area contributed by atoms with Gasteiger partial charge in [-0.05, 0) is 69.0 Å². The predicted molar refractivity (Wildman–Crippen MR) is 140 cm³/mol. The van der Waals surface area contributed by atoms with Gasteiger partial charge in [-0.3, -0.25) is 9.69 Å². The first-order chi connectivity index (χ1) is 17.5. The highest BCUT2D eigenvalue weighted by Crippen LogP contribution is 2.25. The van der Waals surface area contributed by atoms with Gasteiger partial charge in [0.25, 0.3) is 5.91 Å². The van der Waals surface area contributed by atoms with Gasteiger partial charge in [0, 0.05) is 29.6 Å². The molecule has 2 aromatic carbocycles. The molecule has 0 heterocycles. The van der Waals surface area contributed by atoms with E-state index in [1.54, 1.807) is 30.9 Å². The first-order valence-electron chi connectivity index (χ1n) is 12.1. The zero-order chi connectivity index (χ0) is 25.8. The molecule has 7 heteroatoms. The van der Waals surface area contributed by atoms with Crippen LogP contribution in [0, 0.1) is 0 Å². The molecule has 3 rings (SSSR count). The number of carbonyl (C=O) groups is 3. The van der Waals surface area contributed by atoms with Gasteiger partial charge in [-0.25, -0.2) is 9.59 Å². The third kappa shape index (κ3) is 8.27. The Morgan fingerprint density at radius 1 is 1.03 bits per heavy atom. The lowest BCUT2D eigenvalue weighted by Gasteiger charge is -2.22. The molecule has 7 nitrogen and oxygen atoms in total. The summed E-state index contributed by atoms with van der Waals surface area (Å²) in [5, 5.41) is 2.83. The van der Waals surface area contributed by atoms with Gasteiger partial charge >= 0.3 is 12.1 Å². The molecule has 0 bridgehead atoms. The van der Waals surface area contributed by atoms with E-state index in [1.807, 2.05) is 66.7 Å². The minimum absolute atomic E-state index is 0.0326. The number of hydrogen-bond acceptors (Lipinski definition) is 5. The Labute approximate surface area is 212 Å². The predicted octanol–water partition coefficient (Wildman–Crippen LogP) is 5.62. The summed E-state index contributed by atoms with van der Waals surface area (Å²) in [6.07, 6.45) is 9.28. The van der Waals surface area contributed by atoms with Crippen molar-refractivity contribution in [1.29, 1.82) is 0 Å². The molecule has 1 unspecified atom stereocenters. The number of carbonyl (C=O) groups excluding carboxylic acids is 3.